The van der Waals surface area contributed by atoms with Gasteiger partial charge in [-0.05, 0) is 42.4 Å². The fourth-order valence-corrected chi connectivity index (χ4v) is 2.45. The van der Waals surface area contributed by atoms with Gasteiger partial charge in [0, 0.05) is 5.02 Å². The van der Waals surface area contributed by atoms with Crippen LogP contribution in [-0.4, -0.2) is 7.05 Å². The van der Waals surface area contributed by atoms with Crippen LogP contribution in [0, 0.1) is 5.82 Å². The Morgan fingerprint density at radius 1 is 1.05 bits per heavy atom. The molecule has 21 heavy (non-hydrogen) atoms. The Morgan fingerprint density at radius 2 is 1.71 bits per heavy atom. The van der Waals surface area contributed by atoms with E-state index in [1.165, 1.54) is 31.3 Å². The molecule has 1 unspecified atom stereocenters. The van der Waals surface area contributed by atoms with E-state index in [1.54, 1.807) is 0 Å². The number of benzene rings is 2. The van der Waals surface area contributed by atoms with E-state index >= 15 is 0 Å². The number of hydrogen-bond donors (Lipinski definition) is 1. The van der Waals surface area contributed by atoms with Crippen molar-refractivity contribution in [1.29, 1.82) is 0 Å². The summed E-state index contributed by atoms with van der Waals surface area (Å²) in [5, 5.41) is 2.97. The highest BCUT2D eigenvalue weighted by Gasteiger charge is 2.35. The van der Waals surface area contributed by atoms with Crippen LogP contribution in [0.25, 0.3) is 0 Å². The molecule has 2 aromatic rings. The third kappa shape index (κ3) is 3.36. The quantitative estimate of drug-likeness (QED) is 0.801. The molecule has 0 saturated heterocycles. The summed E-state index contributed by atoms with van der Waals surface area (Å²) in [5.41, 5.74) is -0.513. The molecule has 2 aromatic carbocycles. The van der Waals surface area contributed by atoms with Crippen LogP contribution < -0.4 is 5.32 Å². The Balaban J connectivity index is 2.60. The second-order valence-electron chi connectivity index (χ2n) is 4.47. The van der Waals surface area contributed by atoms with Crippen LogP contribution in [0.1, 0.15) is 22.7 Å². The standard InChI is InChI=1S/C15H12ClF4N/c1-21-14(11-8-9(17)6-7-13(11)16)10-4-2-3-5-12(10)15(18,19)20/h2-8,14,21H,1H3. The average molecular weight is 318 g/mol. The summed E-state index contributed by atoms with van der Waals surface area (Å²) < 4.78 is 52.7. The van der Waals surface area contributed by atoms with Crippen molar-refractivity contribution in [2.75, 3.05) is 7.05 Å². The van der Waals surface area contributed by atoms with Gasteiger partial charge in [0.15, 0.2) is 0 Å². The Kier molecular flexibility index (Phi) is 4.54. The normalized spacial score (nSPS) is 13.2. The summed E-state index contributed by atoms with van der Waals surface area (Å²) in [4.78, 5) is 0. The lowest BCUT2D eigenvalue weighted by Crippen LogP contribution is -2.22. The second-order valence-corrected chi connectivity index (χ2v) is 4.88. The smallest absolute Gasteiger partial charge is 0.309 e. The molecule has 1 N–H and O–H groups in total. The Hall–Kier alpha value is -1.59. The van der Waals surface area contributed by atoms with Crippen LogP contribution in [0.5, 0.6) is 0 Å². The third-order valence-electron chi connectivity index (χ3n) is 3.13. The van der Waals surface area contributed by atoms with E-state index in [9.17, 15) is 17.6 Å². The van der Waals surface area contributed by atoms with Crippen LogP contribution in [0.15, 0.2) is 42.5 Å². The monoisotopic (exact) mass is 317 g/mol. The Bertz CT molecular complexity index is 640. The van der Waals surface area contributed by atoms with E-state index in [1.807, 2.05) is 0 Å². The highest BCUT2D eigenvalue weighted by molar-refractivity contribution is 6.31. The average Bonchev–Trinajstić information content (AvgIpc) is 2.43. The number of alkyl halides is 3. The maximum atomic E-state index is 13.4. The summed E-state index contributed by atoms with van der Waals surface area (Å²) in [7, 11) is 1.50. The van der Waals surface area contributed by atoms with Gasteiger partial charge in [-0.15, -0.1) is 0 Å². The Morgan fingerprint density at radius 3 is 2.33 bits per heavy atom. The van der Waals surface area contributed by atoms with Crippen molar-refractivity contribution in [3.8, 4) is 0 Å². The molecule has 0 heterocycles. The van der Waals surface area contributed by atoms with Crippen LogP contribution in [-0.2, 0) is 6.18 Å². The zero-order chi connectivity index (χ0) is 15.6. The first kappa shape index (κ1) is 15.8. The first-order chi connectivity index (χ1) is 9.84. The maximum Gasteiger partial charge on any atom is 0.416 e. The van der Waals surface area contributed by atoms with Gasteiger partial charge in [-0.25, -0.2) is 4.39 Å². The van der Waals surface area contributed by atoms with Gasteiger partial charge in [0.05, 0.1) is 11.6 Å². The predicted octanol–water partition coefficient (Wildman–Crippen LogP) is 4.81. The summed E-state index contributed by atoms with van der Waals surface area (Å²) in [6.45, 7) is 0. The van der Waals surface area contributed by atoms with Gasteiger partial charge in [0.1, 0.15) is 5.82 Å². The summed E-state index contributed by atoms with van der Waals surface area (Å²) in [5.74, 6) is -0.556. The van der Waals surface area contributed by atoms with Crippen molar-refractivity contribution in [2.24, 2.45) is 0 Å². The van der Waals surface area contributed by atoms with Gasteiger partial charge in [-0.2, -0.15) is 13.2 Å². The van der Waals surface area contributed by atoms with E-state index in [0.29, 0.717) is 0 Å². The van der Waals surface area contributed by atoms with Crippen LogP contribution in [0.4, 0.5) is 17.6 Å². The van der Waals surface area contributed by atoms with E-state index in [4.69, 9.17) is 11.6 Å². The van der Waals surface area contributed by atoms with Gasteiger partial charge in [0.2, 0.25) is 0 Å². The Labute approximate surface area is 124 Å². The van der Waals surface area contributed by atoms with Gasteiger partial charge in [-0.3, -0.25) is 0 Å². The molecule has 0 radical (unpaired) electrons. The SMILES string of the molecule is CNC(c1cc(F)ccc1Cl)c1ccccc1C(F)(F)F. The molecule has 0 amide bonds. The van der Waals surface area contributed by atoms with Crippen molar-refractivity contribution in [3.05, 3.63) is 70.0 Å². The zero-order valence-electron chi connectivity index (χ0n) is 11.0. The van der Waals surface area contributed by atoms with E-state index in [-0.39, 0.29) is 16.1 Å². The highest BCUT2D eigenvalue weighted by atomic mass is 35.5. The molecule has 0 aliphatic heterocycles. The van der Waals surface area contributed by atoms with Gasteiger partial charge in [0.25, 0.3) is 0 Å². The van der Waals surface area contributed by atoms with Crippen molar-refractivity contribution < 1.29 is 17.6 Å². The molecule has 0 aliphatic carbocycles. The first-order valence-electron chi connectivity index (χ1n) is 6.13. The van der Waals surface area contributed by atoms with Gasteiger partial charge >= 0.3 is 6.18 Å². The molecule has 0 spiro atoms. The lowest BCUT2D eigenvalue weighted by molar-refractivity contribution is -0.138. The molecular formula is C15H12ClF4N. The minimum atomic E-state index is -4.49. The van der Waals surface area contributed by atoms with Crippen LogP contribution in [0.3, 0.4) is 0 Å². The number of nitrogens with one attached hydrogen (secondary N) is 1. The van der Waals surface area contributed by atoms with Crippen molar-refractivity contribution in [1.82, 2.24) is 5.32 Å². The molecule has 0 aliphatic rings. The molecule has 6 heteroatoms. The predicted molar refractivity (Wildman–Crippen MR) is 73.8 cm³/mol. The van der Waals surface area contributed by atoms with Crippen LogP contribution >= 0.6 is 11.6 Å². The molecule has 2 rings (SSSR count). The molecule has 1 nitrogen and oxygen atoms in total. The molecule has 0 fully saturated rings. The molecule has 112 valence electrons. The second kappa shape index (κ2) is 6.03. The lowest BCUT2D eigenvalue weighted by atomic mass is 9.94. The topological polar surface area (TPSA) is 12.0 Å². The van der Waals surface area contributed by atoms with Gasteiger partial charge in [-0.1, -0.05) is 29.8 Å². The zero-order valence-corrected chi connectivity index (χ0v) is 11.8. The number of halogens is 5. The van der Waals surface area contributed by atoms with E-state index in [0.717, 1.165) is 18.2 Å². The minimum absolute atomic E-state index is 0.000000000000000444. The molecular weight excluding hydrogens is 306 g/mol. The molecule has 0 saturated carbocycles. The minimum Gasteiger partial charge on any atom is -0.309 e. The number of rotatable bonds is 3. The molecule has 1 atom stereocenters. The highest BCUT2D eigenvalue weighted by Crippen LogP contribution is 2.38. The summed E-state index contributed by atoms with van der Waals surface area (Å²) in [6.07, 6.45) is -4.49. The third-order valence-corrected chi connectivity index (χ3v) is 3.48. The lowest BCUT2D eigenvalue weighted by Gasteiger charge is -2.22. The largest absolute Gasteiger partial charge is 0.416 e. The van der Waals surface area contributed by atoms with E-state index < -0.39 is 23.6 Å². The fraction of sp³-hybridized carbons (Fsp3) is 0.200. The molecule has 0 bridgehead atoms. The van der Waals surface area contributed by atoms with E-state index in [2.05, 4.69) is 5.32 Å². The number of hydrogen-bond acceptors (Lipinski definition) is 1. The first-order valence-corrected chi connectivity index (χ1v) is 6.50. The molecule has 0 aromatic heterocycles. The maximum absolute atomic E-state index is 13.4. The fourth-order valence-electron chi connectivity index (χ4n) is 2.22. The van der Waals surface area contributed by atoms with Crippen molar-refractivity contribution in [3.63, 3.8) is 0 Å². The van der Waals surface area contributed by atoms with Gasteiger partial charge < -0.3 is 5.32 Å². The van der Waals surface area contributed by atoms with Crippen molar-refractivity contribution in [2.45, 2.75) is 12.2 Å². The van der Waals surface area contributed by atoms with Crippen LogP contribution in [0.2, 0.25) is 5.02 Å². The van der Waals surface area contributed by atoms with Crippen molar-refractivity contribution >= 4 is 11.6 Å². The summed E-state index contributed by atoms with van der Waals surface area (Å²) in [6, 6.07) is 7.93. The summed E-state index contributed by atoms with van der Waals surface area (Å²) >= 11 is 6.00.